The highest BCUT2D eigenvalue weighted by atomic mass is 16.5. The first-order chi connectivity index (χ1) is 9.22. The zero-order chi connectivity index (χ0) is 13.7. The van der Waals surface area contributed by atoms with Crippen LogP contribution in [0.25, 0.3) is 0 Å². The molecule has 4 heteroatoms. The summed E-state index contributed by atoms with van der Waals surface area (Å²) in [7, 11) is 1.53. The van der Waals surface area contributed by atoms with Crippen LogP contribution in [0.4, 0.5) is 0 Å². The molecule has 0 atom stereocenters. The van der Waals surface area contributed by atoms with Gasteiger partial charge in [0.05, 0.1) is 13.2 Å². The van der Waals surface area contributed by atoms with Gasteiger partial charge in [0.2, 0.25) is 0 Å². The number of carboxylic acids is 1. The quantitative estimate of drug-likeness (QED) is 0.846. The van der Waals surface area contributed by atoms with E-state index in [0.29, 0.717) is 11.5 Å². The highest BCUT2D eigenvalue weighted by molar-refractivity contribution is 5.92. The van der Waals surface area contributed by atoms with E-state index in [2.05, 4.69) is 0 Å². The first-order valence-electron chi connectivity index (χ1n) is 6.79. The number of hydrogen-bond donors (Lipinski definition) is 1. The van der Waals surface area contributed by atoms with Gasteiger partial charge in [-0.25, -0.2) is 4.79 Å². The lowest BCUT2D eigenvalue weighted by Gasteiger charge is -2.20. The monoisotopic (exact) mass is 264 g/mol. The molecule has 0 radical (unpaired) electrons. The first kappa shape index (κ1) is 13.7. The van der Waals surface area contributed by atoms with E-state index in [-0.39, 0.29) is 11.7 Å². The van der Waals surface area contributed by atoms with Crippen molar-refractivity contribution < 1.29 is 19.4 Å². The van der Waals surface area contributed by atoms with Gasteiger partial charge in [0.15, 0.2) is 11.5 Å². The summed E-state index contributed by atoms with van der Waals surface area (Å²) in [6.45, 7) is 0. The Hall–Kier alpha value is -1.71. The molecule has 104 valence electrons. The third-order valence-corrected chi connectivity index (χ3v) is 3.52. The van der Waals surface area contributed by atoms with Crippen molar-refractivity contribution in [3.8, 4) is 11.5 Å². The molecule has 0 heterocycles. The maximum Gasteiger partial charge on any atom is 0.339 e. The van der Waals surface area contributed by atoms with E-state index in [0.717, 1.165) is 25.7 Å². The van der Waals surface area contributed by atoms with Gasteiger partial charge in [0, 0.05) is 0 Å². The molecule has 1 saturated carbocycles. The average molecular weight is 264 g/mol. The maximum atomic E-state index is 11.3. The van der Waals surface area contributed by atoms with Crippen LogP contribution >= 0.6 is 0 Å². The number of hydrogen-bond acceptors (Lipinski definition) is 3. The standard InChI is InChI=1S/C15H20O4/c1-18-13-10-6-9-12(15(16)17)14(13)19-11-7-4-2-3-5-8-11/h6,9-11H,2-5,7-8H2,1H3,(H,16,17). The second kappa shape index (κ2) is 6.45. The van der Waals surface area contributed by atoms with Crippen molar-refractivity contribution in [2.45, 2.75) is 44.6 Å². The molecular weight excluding hydrogens is 244 g/mol. The van der Waals surface area contributed by atoms with Crippen molar-refractivity contribution in [2.75, 3.05) is 7.11 Å². The molecule has 0 aliphatic heterocycles. The number of aromatic carboxylic acids is 1. The molecule has 1 aromatic carbocycles. The number of para-hydroxylation sites is 1. The van der Waals surface area contributed by atoms with Crippen molar-refractivity contribution >= 4 is 5.97 Å². The molecule has 4 nitrogen and oxygen atoms in total. The van der Waals surface area contributed by atoms with Gasteiger partial charge in [-0.3, -0.25) is 0 Å². The molecule has 0 aromatic heterocycles. The normalized spacial score (nSPS) is 16.7. The Morgan fingerprint density at radius 3 is 2.47 bits per heavy atom. The number of methoxy groups -OCH3 is 1. The number of rotatable bonds is 4. The molecule has 0 unspecified atom stereocenters. The molecule has 1 N–H and O–H groups in total. The summed E-state index contributed by atoms with van der Waals surface area (Å²) >= 11 is 0. The smallest absolute Gasteiger partial charge is 0.339 e. The lowest BCUT2D eigenvalue weighted by atomic mass is 10.1. The topological polar surface area (TPSA) is 55.8 Å². The van der Waals surface area contributed by atoms with Gasteiger partial charge in [0.1, 0.15) is 5.56 Å². The third kappa shape index (κ3) is 3.40. The molecule has 0 saturated heterocycles. The van der Waals surface area contributed by atoms with E-state index < -0.39 is 5.97 Å². The summed E-state index contributed by atoms with van der Waals surface area (Å²) in [4.78, 5) is 11.3. The van der Waals surface area contributed by atoms with E-state index >= 15 is 0 Å². The minimum Gasteiger partial charge on any atom is -0.493 e. The fraction of sp³-hybridized carbons (Fsp3) is 0.533. The Morgan fingerprint density at radius 1 is 1.21 bits per heavy atom. The summed E-state index contributed by atoms with van der Waals surface area (Å²) in [5.74, 6) is -0.129. The Bertz CT molecular complexity index is 434. The van der Waals surface area contributed by atoms with Crippen LogP contribution in [0.2, 0.25) is 0 Å². The first-order valence-corrected chi connectivity index (χ1v) is 6.79. The minimum atomic E-state index is -0.984. The van der Waals surface area contributed by atoms with Crippen LogP contribution in [-0.2, 0) is 0 Å². The number of ether oxygens (including phenoxy) is 2. The fourth-order valence-electron chi connectivity index (χ4n) is 2.49. The molecule has 19 heavy (non-hydrogen) atoms. The molecule has 1 fully saturated rings. The third-order valence-electron chi connectivity index (χ3n) is 3.52. The Labute approximate surface area is 113 Å². The summed E-state index contributed by atoms with van der Waals surface area (Å²) < 4.78 is 11.2. The Balaban J connectivity index is 2.23. The van der Waals surface area contributed by atoms with Gasteiger partial charge in [-0.05, 0) is 37.8 Å². The van der Waals surface area contributed by atoms with E-state index in [1.165, 1.54) is 20.0 Å². The highest BCUT2D eigenvalue weighted by Crippen LogP contribution is 2.34. The van der Waals surface area contributed by atoms with Gasteiger partial charge in [0.25, 0.3) is 0 Å². The molecule has 0 bridgehead atoms. The van der Waals surface area contributed by atoms with Crippen LogP contribution in [-0.4, -0.2) is 24.3 Å². The lowest BCUT2D eigenvalue weighted by molar-refractivity contribution is 0.0686. The SMILES string of the molecule is COc1cccc(C(=O)O)c1OC1CCCCCC1. The van der Waals surface area contributed by atoms with Crippen LogP contribution in [0, 0.1) is 0 Å². The van der Waals surface area contributed by atoms with Crippen LogP contribution < -0.4 is 9.47 Å². The molecule has 0 amide bonds. The number of carbonyl (C=O) groups is 1. The number of carboxylic acid groups (broad SMARTS) is 1. The number of benzene rings is 1. The molecule has 1 aliphatic carbocycles. The summed E-state index contributed by atoms with van der Waals surface area (Å²) in [5.41, 5.74) is 0.170. The van der Waals surface area contributed by atoms with Gasteiger partial charge in [-0.15, -0.1) is 0 Å². The largest absolute Gasteiger partial charge is 0.493 e. The van der Waals surface area contributed by atoms with Crippen molar-refractivity contribution in [1.82, 2.24) is 0 Å². The van der Waals surface area contributed by atoms with Crippen molar-refractivity contribution in [2.24, 2.45) is 0 Å². The average Bonchev–Trinajstić information content (AvgIpc) is 2.67. The lowest BCUT2D eigenvalue weighted by Crippen LogP contribution is -2.17. The second-order valence-electron chi connectivity index (χ2n) is 4.87. The summed E-state index contributed by atoms with van der Waals surface area (Å²) in [6, 6.07) is 4.96. The zero-order valence-electron chi connectivity index (χ0n) is 11.2. The predicted octanol–water partition coefficient (Wildman–Crippen LogP) is 3.50. The maximum absolute atomic E-state index is 11.3. The van der Waals surface area contributed by atoms with E-state index in [9.17, 15) is 9.90 Å². The second-order valence-corrected chi connectivity index (χ2v) is 4.87. The fourth-order valence-corrected chi connectivity index (χ4v) is 2.49. The van der Waals surface area contributed by atoms with Crippen LogP contribution in [0.15, 0.2) is 18.2 Å². The Morgan fingerprint density at radius 2 is 1.89 bits per heavy atom. The molecule has 2 rings (SSSR count). The van der Waals surface area contributed by atoms with Gasteiger partial charge in [-0.1, -0.05) is 18.9 Å². The van der Waals surface area contributed by atoms with Crippen molar-refractivity contribution in [3.63, 3.8) is 0 Å². The van der Waals surface area contributed by atoms with Gasteiger partial charge in [-0.2, -0.15) is 0 Å². The van der Waals surface area contributed by atoms with Crippen LogP contribution in [0.1, 0.15) is 48.9 Å². The van der Waals surface area contributed by atoms with E-state index in [1.807, 2.05) is 0 Å². The molecule has 1 aliphatic rings. The van der Waals surface area contributed by atoms with E-state index in [4.69, 9.17) is 9.47 Å². The van der Waals surface area contributed by atoms with Gasteiger partial charge >= 0.3 is 5.97 Å². The van der Waals surface area contributed by atoms with Crippen LogP contribution in [0.3, 0.4) is 0 Å². The predicted molar refractivity (Wildman–Crippen MR) is 72.1 cm³/mol. The highest BCUT2D eigenvalue weighted by Gasteiger charge is 2.21. The minimum absolute atomic E-state index is 0.0944. The summed E-state index contributed by atoms with van der Waals surface area (Å²) in [6.07, 6.45) is 6.81. The molecule has 1 aromatic rings. The van der Waals surface area contributed by atoms with Crippen molar-refractivity contribution in [3.05, 3.63) is 23.8 Å². The Kier molecular flexibility index (Phi) is 4.66. The van der Waals surface area contributed by atoms with Crippen LogP contribution in [0.5, 0.6) is 11.5 Å². The van der Waals surface area contributed by atoms with Crippen molar-refractivity contribution in [1.29, 1.82) is 0 Å². The van der Waals surface area contributed by atoms with E-state index in [1.54, 1.807) is 18.2 Å². The molecule has 0 spiro atoms. The summed E-state index contributed by atoms with van der Waals surface area (Å²) in [5, 5.41) is 9.24. The van der Waals surface area contributed by atoms with Gasteiger partial charge < -0.3 is 14.6 Å². The zero-order valence-corrected chi connectivity index (χ0v) is 11.2. The molecular formula is C15H20O4.